The normalized spacial score (nSPS) is 9.83. The van der Waals surface area contributed by atoms with Crippen LogP contribution in [0.4, 0.5) is 0 Å². The van der Waals surface area contributed by atoms with Gasteiger partial charge in [0.05, 0.1) is 5.69 Å². The molecule has 0 radical (unpaired) electrons. The van der Waals surface area contributed by atoms with Gasteiger partial charge in [-0.25, -0.2) is 19.9 Å². The number of aromatic nitrogens is 4. The van der Waals surface area contributed by atoms with Crippen LogP contribution in [0.1, 0.15) is 15.9 Å². The van der Waals surface area contributed by atoms with Gasteiger partial charge in [-0.2, -0.15) is 0 Å². The third-order valence-corrected chi connectivity index (χ3v) is 3.47. The van der Waals surface area contributed by atoms with Crippen molar-refractivity contribution >= 4 is 41.1 Å². The van der Waals surface area contributed by atoms with Crippen LogP contribution >= 0.6 is 34.8 Å². The van der Waals surface area contributed by atoms with E-state index in [1.54, 1.807) is 30.5 Å². The number of halogens is 3. The standard InChI is InChI=1S/C12H9ClN2O.C4H2Cl2N2/c1-8-2-3-9(7-16)6-10(8)11-4-5-14-12(13)15-11;5-3-1-2-7-4(6)8-3/h2-7H,1H3;1-2H. The molecule has 3 aromatic rings. The first-order chi connectivity index (χ1) is 11.5. The van der Waals surface area contributed by atoms with Gasteiger partial charge in [0.25, 0.3) is 0 Å². The largest absolute Gasteiger partial charge is 0.298 e. The molecule has 0 saturated heterocycles. The van der Waals surface area contributed by atoms with E-state index < -0.39 is 0 Å². The summed E-state index contributed by atoms with van der Waals surface area (Å²) in [6, 6.07) is 8.78. The number of carbonyl (C=O) groups excluding carboxylic acids is 1. The fraction of sp³-hybridized carbons (Fsp3) is 0.0625. The molecule has 0 bridgehead atoms. The number of rotatable bonds is 2. The maximum atomic E-state index is 10.7. The molecule has 1 aromatic carbocycles. The molecule has 0 fully saturated rings. The van der Waals surface area contributed by atoms with Crippen LogP contribution in [0.3, 0.4) is 0 Å². The second kappa shape index (κ2) is 8.68. The predicted molar refractivity (Wildman–Crippen MR) is 94.7 cm³/mol. The highest BCUT2D eigenvalue weighted by Crippen LogP contribution is 2.22. The monoisotopic (exact) mass is 380 g/mol. The smallest absolute Gasteiger partial charge is 0.223 e. The van der Waals surface area contributed by atoms with E-state index >= 15 is 0 Å². The Hall–Kier alpha value is -2.08. The molecule has 8 heteroatoms. The molecule has 24 heavy (non-hydrogen) atoms. The van der Waals surface area contributed by atoms with Crippen molar-refractivity contribution in [2.75, 3.05) is 0 Å². The van der Waals surface area contributed by atoms with E-state index in [-0.39, 0.29) is 10.6 Å². The highest BCUT2D eigenvalue weighted by Gasteiger charge is 2.05. The van der Waals surface area contributed by atoms with Gasteiger partial charge in [-0.3, -0.25) is 4.79 Å². The molecular weight excluding hydrogens is 371 g/mol. The van der Waals surface area contributed by atoms with E-state index in [9.17, 15) is 4.79 Å². The Morgan fingerprint density at radius 1 is 0.917 bits per heavy atom. The van der Waals surface area contributed by atoms with Gasteiger partial charge in [0.15, 0.2) is 0 Å². The van der Waals surface area contributed by atoms with E-state index in [4.69, 9.17) is 34.8 Å². The summed E-state index contributed by atoms with van der Waals surface area (Å²) >= 11 is 16.5. The lowest BCUT2D eigenvalue weighted by Crippen LogP contribution is -1.91. The van der Waals surface area contributed by atoms with Gasteiger partial charge in [-0.1, -0.05) is 23.7 Å². The lowest BCUT2D eigenvalue weighted by Gasteiger charge is -2.05. The zero-order chi connectivity index (χ0) is 17.5. The van der Waals surface area contributed by atoms with Crippen molar-refractivity contribution in [1.82, 2.24) is 19.9 Å². The van der Waals surface area contributed by atoms with Gasteiger partial charge in [0, 0.05) is 23.5 Å². The molecule has 0 aliphatic heterocycles. The molecule has 0 saturated carbocycles. The summed E-state index contributed by atoms with van der Waals surface area (Å²) in [7, 11) is 0. The topological polar surface area (TPSA) is 68.6 Å². The van der Waals surface area contributed by atoms with Crippen LogP contribution < -0.4 is 0 Å². The molecule has 0 N–H and O–H groups in total. The van der Waals surface area contributed by atoms with Crippen molar-refractivity contribution in [3.8, 4) is 11.3 Å². The van der Waals surface area contributed by atoms with Crippen LogP contribution in [0.2, 0.25) is 15.7 Å². The third kappa shape index (κ3) is 5.23. The predicted octanol–water partition coefficient (Wildman–Crippen LogP) is 4.70. The van der Waals surface area contributed by atoms with Gasteiger partial charge in [0.2, 0.25) is 10.6 Å². The van der Waals surface area contributed by atoms with Crippen molar-refractivity contribution in [3.63, 3.8) is 0 Å². The molecular formula is C16H11Cl3N4O. The van der Waals surface area contributed by atoms with Crippen LogP contribution in [0, 0.1) is 6.92 Å². The molecule has 2 heterocycles. The van der Waals surface area contributed by atoms with Crippen molar-refractivity contribution in [2.45, 2.75) is 6.92 Å². The molecule has 0 atom stereocenters. The first-order valence-electron chi connectivity index (χ1n) is 6.68. The molecule has 2 aromatic heterocycles. The highest BCUT2D eigenvalue weighted by atomic mass is 35.5. The zero-order valence-corrected chi connectivity index (χ0v) is 14.7. The van der Waals surface area contributed by atoms with E-state index in [1.165, 1.54) is 6.20 Å². The molecule has 0 aliphatic rings. The Bertz CT molecular complexity index is 841. The average Bonchev–Trinajstić information content (AvgIpc) is 2.56. The molecule has 5 nitrogen and oxygen atoms in total. The Labute approximate surface area is 153 Å². The van der Waals surface area contributed by atoms with Crippen molar-refractivity contribution in [3.05, 3.63) is 69.6 Å². The maximum Gasteiger partial charge on any atom is 0.223 e. The van der Waals surface area contributed by atoms with Crippen molar-refractivity contribution in [2.24, 2.45) is 0 Å². The fourth-order valence-corrected chi connectivity index (χ4v) is 2.26. The Balaban J connectivity index is 0.000000219. The lowest BCUT2D eigenvalue weighted by molar-refractivity contribution is 0.112. The molecule has 122 valence electrons. The Morgan fingerprint density at radius 2 is 1.58 bits per heavy atom. The molecule has 0 spiro atoms. The van der Waals surface area contributed by atoms with Gasteiger partial charge < -0.3 is 0 Å². The summed E-state index contributed by atoms with van der Waals surface area (Å²) in [6.45, 7) is 1.96. The maximum absolute atomic E-state index is 10.7. The number of aryl methyl sites for hydroxylation is 1. The van der Waals surface area contributed by atoms with E-state index in [0.29, 0.717) is 10.7 Å². The van der Waals surface area contributed by atoms with Crippen LogP contribution in [-0.2, 0) is 0 Å². The fourth-order valence-electron chi connectivity index (χ4n) is 1.79. The number of benzene rings is 1. The second-order valence-corrected chi connectivity index (χ2v) is 5.61. The quantitative estimate of drug-likeness (QED) is 0.365. The SMILES string of the molecule is Cc1ccc(C=O)cc1-c1ccnc(Cl)n1.Clc1ccnc(Cl)n1. The van der Waals surface area contributed by atoms with Crippen LogP contribution in [0.15, 0.2) is 42.7 Å². The minimum Gasteiger partial charge on any atom is -0.298 e. The number of hydrogen-bond acceptors (Lipinski definition) is 5. The van der Waals surface area contributed by atoms with Crippen molar-refractivity contribution < 1.29 is 4.79 Å². The first-order valence-corrected chi connectivity index (χ1v) is 7.82. The molecule has 3 rings (SSSR count). The minimum absolute atomic E-state index is 0.178. The molecule has 0 amide bonds. The second-order valence-electron chi connectivity index (χ2n) is 4.55. The number of aldehydes is 1. The van der Waals surface area contributed by atoms with Crippen LogP contribution in [0.5, 0.6) is 0 Å². The molecule has 0 aliphatic carbocycles. The average molecular weight is 382 g/mol. The molecule has 0 unspecified atom stereocenters. The summed E-state index contributed by atoms with van der Waals surface area (Å²) in [5.41, 5.74) is 3.28. The summed E-state index contributed by atoms with van der Waals surface area (Å²) < 4.78 is 0. The lowest BCUT2D eigenvalue weighted by atomic mass is 10.0. The summed E-state index contributed by atoms with van der Waals surface area (Å²) in [4.78, 5) is 25.9. The first kappa shape index (κ1) is 18.3. The zero-order valence-electron chi connectivity index (χ0n) is 12.4. The van der Waals surface area contributed by atoms with Gasteiger partial charge in [0.1, 0.15) is 11.4 Å². The van der Waals surface area contributed by atoms with E-state index in [0.717, 1.165) is 23.1 Å². The van der Waals surface area contributed by atoms with Gasteiger partial charge >= 0.3 is 0 Å². The Kier molecular flexibility index (Phi) is 6.61. The van der Waals surface area contributed by atoms with Crippen LogP contribution in [-0.4, -0.2) is 26.2 Å². The van der Waals surface area contributed by atoms with Crippen LogP contribution in [0.25, 0.3) is 11.3 Å². The summed E-state index contributed by atoms with van der Waals surface area (Å²) in [6.07, 6.45) is 3.90. The summed E-state index contributed by atoms with van der Waals surface area (Å²) in [5.74, 6) is 0. The van der Waals surface area contributed by atoms with E-state index in [1.807, 2.05) is 13.0 Å². The minimum atomic E-state index is 0.178. The van der Waals surface area contributed by atoms with Crippen molar-refractivity contribution in [1.29, 1.82) is 0 Å². The van der Waals surface area contributed by atoms with Gasteiger partial charge in [-0.15, -0.1) is 0 Å². The summed E-state index contributed by atoms with van der Waals surface area (Å²) in [5, 5.41) is 0.746. The number of hydrogen-bond donors (Lipinski definition) is 0. The number of nitrogens with zero attached hydrogens (tertiary/aromatic N) is 4. The number of carbonyl (C=O) groups is 1. The van der Waals surface area contributed by atoms with Gasteiger partial charge in [-0.05, 0) is 53.9 Å². The Morgan fingerprint density at radius 3 is 2.12 bits per heavy atom. The third-order valence-electron chi connectivity index (χ3n) is 2.89. The highest BCUT2D eigenvalue weighted by molar-refractivity contribution is 6.31. The van der Waals surface area contributed by atoms with E-state index in [2.05, 4.69) is 19.9 Å².